The van der Waals surface area contributed by atoms with Crippen LogP contribution in [0.1, 0.15) is 27.2 Å². The summed E-state index contributed by atoms with van der Waals surface area (Å²) in [7, 11) is 0. The van der Waals surface area contributed by atoms with Gasteiger partial charge in [0.25, 0.3) is 6.08 Å². The lowest BCUT2D eigenvalue weighted by Gasteiger charge is -2.17. The van der Waals surface area contributed by atoms with E-state index >= 15 is 0 Å². The number of nitrogens with two attached hydrogens (primary N) is 1. The van der Waals surface area contributed by atoms with Crippen LogP contribution in [0.3, 0.4) is 0 Å². The molecule has 92 valence electrons. The normalized spacial score (nSPS) is 11.2. The number of amides is 1. The van der Waals surface area contributed by atoms with Crippen LogP contribution in [0.5, 0.6) is 0 Å². The molecule has 0 heterocycles. The Balaban J connectivity index is 4.84. The smallest absolute Gasteiger partial charge is 0.272 e. The molecule has 2 N–H and O–H groups in total. The first-order valence-corrected chi connectivity index (χ1v) is 4.97. The Hall–Kier alpha value is -1.30. The molecule has 0 aromatic heterocycles. The van der Waals surface area contributed by atoms with E-state index in [9.17, 15) is 13.6 Å². The molecule has 0 fully saturated rings. The van der Waals surface area contributed by atoms with Crippen LogP contribution < -0.4 is 5.73 Å². The van der Waals surface area contributed by atoms with E-state index in [-0.39, 0.29) is 24.6 Å². The van der Waals surface area contributed by atoms with E-state index in [2.05, 4.69) is 5.10 Å². The fraction of sp³-hybridized carbons (Fsp3) is 0.600. The van der Waals surface area contributed by atoms with Crippen molar-refractivity contribution in [3.8, 4) is 0 Å². The van der Waals surface area contributed by atoms with Gasteiger partial charge in [-0.1, -0.05) is 6.92 Å². The van der Waals surface area contributed by atoms with Crippen molar-refractivity contribution in [1.29, 1.82) is 0 Å². The minimum atomic E-state index is -1.85. The number of halogens is 2. The van der Waals surface area contributed by atoms with E-state index in [1.165, 1.54) is 6.92 Å². The second-order valence-electron chi connectivity index (χ2n) is 3.33. The van der Waals surface area contributed by atoms with Crippen molar-refractivity contribution in [3.63, 3.8) is 0 Å². The van der Waals surface area contributed by atoms with Crippen LogP contribution in [0, 0.1) is 0 Å². The summed E-state index contributed by atoms with van der Waals surface area (Å²) < 4.78 is 24.7. The second kappa shape index (κ2) is 7.05. The number of hydrogen-bond acceptors (Lipinski definition) is 3. The lowest BCUT2D eigenvalue weighted by molar-refractivity contribution is -0.128. The number of nitrogens with zero attached hydrogens (tertiary/aromatic N) is 2. The third kappa shape index (κ3) is 4.97. The molecule has 0 saturated carbocycles. The minimum Gasteiger partial charge on any atom is -0.327 e. The first-order chi connectivity index (χ1) is 7.42. The Morgan fingerprint density at radius 1 is 1.38 bits per heavy atom. The Kier molecular flexibility index (Phi) is 6.48. The molecule has 0 aliphatic heterocycles. The van der Waals surface area contributed by atoms with Crippen molar-refractivity contribution >= 4 is 11.6 Å². The van der Waals surface area contributed by atoms with Crippen LogP contribution in [0.2, 0.25) is 0 Å². The molecule has 6 heteroatoms. The highest BCUT2D eigenvalue weighted by atomic mass is 19.3. The summed E-state index contributed by atoms with van der Waals surface area (Å²) in [5.74, 6) is -0.389. The highest BCUT2D eigenvalue weighted by Crippen LogP contribution is 2.09. The van der Waals surface area contributed by atoms with Gasteiger partial charge in [-0.2, -0.15) is 13.9 Å². The molecule has 1 amide bonds. The molecule has 0 saturated heterocycles. The van der Waals surface area contributed by atoms with E-state index < -0.39 is 6.08 Å². The van der Waals surface area contributed by atoms with Gasteiger partial charge >= 0.3 is 0 Å². The summed E-state index contributed by atoms with van der Waals surface area (Å²) in [4.78, 5) is 11.2. The summed E-state index contributed by atoms with van der Waals surface area (Å²) in [6.07, 6.45) is -1.19. The predicted octanol–water partition coefficient (Wildman–Crippen LogP) is 1.73. The topological polar surface area (TPSA) is 58.7 Å². The van der Waals surface area contributed by atoms with Gasteiger partial charge in [-0.25, -0.2) is 5.01 Å². The SMILES string of the molecule is CC/C(C)=N/N(CC(CN)=C(F)F)C(C)=O. The highest BCUT2D eigenvalue weighted by molar-refractivity contribution is 5.83. The summed E-state index contributed by atoms with van der Waals surface area (Å²) in [6, 6.07) is 0. The molecule has 0 radical (unpaired) electrons. The summed E-state index contributed by atoms with van der Waals surface area (Å²) >= 11 is 0. The van der Waals surface area contributed by atoms with E-state index in [1.54, 1.807) is 6.92 Å². The standard InChI is InChI=1S/C10H17F2N3O/c1-4-7(2)14-15(8(3)16)6-9(5-13)10(11)12/h4-6,13H2,1-3H3/b14-7+. The summed E-state index contributed by atoms with van der Waals surface area (Å²) in [5, 5.41) is 4.94. The number of carbonyl (C=O) groups is 1. The van der Waals surface area contributed by atoms with Gasteiger partial charge < -0.3 is 5.73 Å². The molecule has 4 nitrogen and oxygen atoms in total. The maximum Gasteiger partial charge on any atom is 0.272 e. The highest BCUT2D eigenvalue weighted by Gasteiger charge is 2.13. The summed E-state index contributed by atoms with van der Waals surface area (Å²) in [6.45, 7) is 4.33. The molecule has 0 aliphatic carbocycles. The zero-order chi connectivity index (χ0) is 12.7. The molecule has 0 rings (SSSR count). The Labute approximate surface area is 93.8 Å². The lowest BCUT2D eigenvalue weighted by Crippen LogP contribution is -2.29. The molecule has 0 unspecified atom stereocenters. The molecule has 0 atom stereocenters. The molecule has 16 heavy (non-hydrogen) atoms. The van der Waals surface area contributed by atoms with E-state index in [1.807, 2.05) is 6.92 Å². The minimum absolute atomic E-state index is 0.258. The van der Waals surface area contributed by atoms with Gasteiger partial charge in [-0.15, -0.1) is 0 Å². The fourth-order valence-corrected chi connectivity index (χ4v) is 0.876. The van der Waals surface area contributed by atoms with Crippen LogP contribution in [0.4, 0.5) is 8.78 Å². The number of hydrogen-bond donors (Lipinski definition) is 1. The molecule has 0 aromatic rings. The lowest BCUT2D eigenvalue weighted by atomic mass is 10.3. The van der Waals surface area contributed by atoms with E-state index in [0.717, 1.165) is 5.01 Å². The number of carbonyl (C=O) groups excluding carboxylic acids is 1. The number of rotatable bonds is 5. The van der Waals surface area contributed by atoms with Crippen molar-refractivity contribution in [2.45, 2.75) is 27.2 Å². The monoisotopic (exact) mass is 233 g/mol. The zero-order valence-electron chi connectivity index (χ0n) is 9.76. The van der Waals surface area contributed by atoms with Crippen molar-refractivity contribution in [2.24, 2.45) is 10.8 Å². The number of hydrazone groups is 1. The Bertz CT molecular complexity index is 309. The van der Waals surface area contributed by atoms with Crippen LogP contribution >= 0.6 is 0 Å². The molecule has 0 aromatic carbocycles. The Morgan fingerprint density at radius 3 is 2.25 bits per heavy atom. The van der Waals surface area contributed by atoms with Gasteiger partial charge in [0.15, 0.2) is 0 Å². The van der Waals surface area contributed by atoms with Gasteiger partial charge in [0, 0.05) is 24.8 Å². The first kappa shape index (κ1) is 14.7. The average molecular weight is 233 g/mol. The second-order valence-corrected chi connectivity index (χ2v) is 3.33. The molecular weight excluding hydrogens is 216 g/mol. The van der Waals surface area contributed by atoms with Crippen molar-refractivity contribution in [3.05, 3.63) is 11.7 Å². The third-order valence-corrected chi connectivity index (χ3v) is 2.02. The summed E-state index contributed by atoms with van der Waals surface area (Å²) in [5.41, 5.74) is 5.59. The zero-order valence-corrected chi connectivity index (χ0v) is 9.76. The van der Waals surface area contributed by atoms with Gasteiger partial charge in [-0.05, 0) is 13.3 Å². The van der Waals surface area contributed by atoms with Crippen molar-refractivity contribution in [1.82, 2.24) is 5.01 Å². The molecular formula is C10H17F2N3O. The maximum atomic E-state index is 12.4. The maximum absolute atomic E-state index is 12.4. The van der Waals surface area contributed by atoms with Gasteiger partial charge in [0.1, 0.15) is 0 Å². The first-order valence-electron chi connectivity index (χ1n) is 4.97. The van der Waals surface area contributed by atoms with Crippen LogP contribution in [0.25, 0.3) is 0 Å². The molecule has 0 aliphatic rings. The third-order valence-electron chi connectivity index (χ3n) is 2.02. The van der Waals surface area contributed by atoms with E-state index in [4.69, 9.17) is 5.73 Å². The quantitative estimate of drug-likeness (QED) is 0.580. The van der Waals surface area contributed by atoms with Crippen LogP contribution in [-0.2, 0) is 4.79 Å². The van der Waals surface area contributed by atoms with Crippen LogP contribution in [0.15, 0.2) is 16.8 Å². The molecule has 0 spiro atoms. The van der Waals surface area contributed by atoms with Crippen LogP contribution in [-0.4, -0.2) is 29.7 Å². The predicted molar refractivity (Wildman–Crippen MR) is 59.1 cm³/mol. The van der Waals surface area contributed by atoms with Gasteiger partial charge in [-0.3, -0.25) is 4.79 Å². The van der Waals surface area contributed by atoms with Gasteiger partial charge in [0.2, 0.25) is 5.91 Å². The van der Waals surface area contributed by atoms with Gasteiger partial charge in [0.05, 0.1) is 6.54 Å². The van der Waals surface area contributed by atoms with Crippen molar-refractivity contribution in [2.75, 3.05) is 13.1 Å². The largest absolute Gasteiger partial charge is 0.327 e. The van der Waals surface area contributed by atoms with Crippen molar-refractivity contribution < 1.29 is 13.6 Å². The Morgan fingerprint density at radius 2 is 1.94 bits per heavy atom. The van der Waals surface area contributed by atoms with E-state index in [0.29, 0.717) is 12.1 Å². The average Bonchev–Trinajstić information content (AvgIpc) is 2.22. The fourth-order valence-electron chi connectivity index (χ4n) is 0.876. The molecule has 0 bridgehead atoms.